The lowest BCUT2D eigenvalue weighted by molar-refractivity contribution is -0.141. The molecule has 17 heavy (non-hydrogen) atoms. The van der Waals surface area contributed by atoms with Gasteiger partial charge in [-0.05, 0) is 24.1 Å². The summed E-state index contributed by atoms with van der Waals surface area (Å²) in [5.74, 6) is -1.76. The predicted molar refractivity (Wildman–Crippen MR) is 60.0 cm³/mol. The average Bonchev–Trinajstić information content (AvgIpc) is 2.27. The van der Waals surface area contributed by atoms with Gasteiger partial charge in [-0.15, -0.1) is 0 Å². The minimum absolute atomic E-state index is 0.0271. The Morgan fingerprint density at radius 1 is 1.41 bits per heavy atom. The Bertz CT molecular complexity index is 417. The molecule has 94 valence electrons. The van der Waals surface area contributed by atoms with Crippen LogP contribution in [0, 0.1) is 11.7 Å². The first-order valence-electron chi connectivity index (χ1n) is 5.12. The Labute approximate surface area is 99.0 Å². The maximum absolute atomic E-state index is 13.6. The fraction of sp³-hybridized carbons (Fsp3) is 0.417. The Morgan fingerprint density at radius 3 is 2.53 bits per heavy atom. The number of hydrogen-bond acceptors (Lipinski definition) is 3. The molecule has 1 aromatic rings. The molecule has 4 nitrogen and oxygen atoms in total. The lowest BCUT2D eigenvalue weighted by Gasteiger charge is -2.12. The van der Waals surface area contributed by atoms with Crippen molar-refractivity contribution in [2.24, 2.45) is 5.92 Å². The van der Waals surface area contributed by atoms with Crippen LogP contribution in [0.4, 0.5) is 4.39 Å². The highest BCUT2D eigenvalue weighted by Crippen LogP contribution is 2.32. The van der Waals surface area contributed by atoms with Crippen molar-refractivity contribution in [1.29, 1.82) is 0 Å². The molecule has 0 saturated carbocycles. The highest BCUT2D eigenvalue weighted by Gasteiger charge is 2.16. The van der Waals surface area contributed by atoms with E-state index in [0.717, 1.165) is 0 Å². The number of benzene rings is 1. The number of carbonyl (C=O) groups is 1. The molecule has 1 atom stereocenters. The summed E-state index contributed by atoms with van der Waals surface area (Å²) >= 11 is 0. The molecule has 0 unspecified atom stereocenters. The summed E-state index contributed by atoms with van der Waals surface area (Å²) in [4.78, 5) is 10.7. The Kier molecular flexibility index (Phi) is 4.31. The molecule has 0 fully saturated rings. The second-order valence-electron chi connectivity index (χ2n) is 3.76. The van der Waals surface area contributed by atoms with Crippen LogP contribution in [-0.2, 0) is 11.2 Å². The van der Waals surface area contributed by atoms with E-state index in [2.05, 4.69) is 0 Å². The second-order valence-corrected chi connectivity index (χ2v) is 3.76. The van der Waals surface area contributed by atoms with E-state index in [1.54, 1.807) is 13.0 Å². The topological polar surface area (TPSA) is 55.8 Å². The van der Waals surface area contributed by atoms with Crippen molar-refractivity contribution in [1.82, 2.24) is 0 Å². The minimum Gasteiger partial charge on any atom is -0.493 e. The van der Waals surface area contributed by atoms with E-state index in [1.165, 1.54) is 20.3 Å². The molecule has 0 radical (unpaired) electrons. The Morgan fingerprint density at radius 2 is 2.06 bits per heavy atom. The summed E-state index contributed by atoms with van der Waals surface area (Å²) in [6, 6.07) is 2.85. The van der Waals surface area contributed by atoms with E-state index in [9.17, 15) is 9.18 Å². The van der Waals surface area contributed by atoms with Gasteiger partial charge >= 0.3 is 5.97 Å². The largest absolute Gasteiger partial charge is 0.493 e. The molecule has 0 aromatic heterocycles. The number of ether oxygens (including phenoxy) is 2. The average molecular weight is 242 g/mol. The van der Waals surface area contributed by atoms with Gasteiger partial charge in [0.2, 0.25) is 0 Å². The quantitative estimate of drug-likeness (QED) is 0.859. The van der Waals surface area contributed by atoms with Crippen LogP contribution in [0.25, 0.3) is 0 Å². The Balaban J connectivity index is 3.03. The molecule has 0 saturated heterocycles. The normalized spacial score (nSPS) is 12.0. The fourth-order valence-corrected chi connectivity index (χ4v) is 1.53. The van der Waals surface area contributed by atoms with E-state index in [4.69, 9.17) is 14.6 Å². The van der Waals surface area contributed by atoms with E-state index in [-0.39, 0.29) is 17.9 Å². The number of carboxylic acids is 1. The number of halogens is 1. The number of rotatable bonds is 5. The van der Waals surface area contributed by atoms with Crippen molar-refractivity contribution in [2.75, 3.05) is 14.2 Å². The van der Waals surface area contributed by atoms with Crippen LogP contribution in [0.3, 0.4) is 0 Å². The number of hydrogen-bond donors (Lipinski definition) is 1. The van der Waals surface area contributed by atoms with Crippen molar-refractivity contribution in [3.8, 4) is 11.5 Å². The molecule has 1 N–H and O–H groups in total. The van der Waals surface area contributed by atoms with Crippen LogP contribution in [0.2, 0.25) is 0 Å². The SMILES string of the molecule is COc1cc(C[C@H](C)C(=O)O)cc(F)c1OC. The van der Waals surface area contributed by atoms with Gasteiger partial charge in [0.25, 0.3) is 0 Å². The standard InChI is InChI=1S/C12H15FO4/c1-7(12(14)15)4-8-5-9(13)11(17-3)10(6-8)16-2/h5-7H,4H2,1-3H3,(H,14,15)/t7-/m0/s1. The van der Waals surface area contributed by atoms with Crippen LogP contribution in [-0.4, -0.2) is 25.3 Å². The number of carboxylic acid groups (broad SMARTS) is 1. The molecular formula is C12H15FO4. The summed E-state index contributed by atoms with van der Waals surface area (Å²) in [5, 5.41) is 8.79. The van der Waals surface area contributed by atoms with E-state index in [1.807, 2.05) is 0 Å². The van der Waals surface area contributed by atoms with Gasteiger partial charge < -0.3 is 14.6 Å². The van der Waals surface area contributed by atoms with Gasteiger partial charge in [-0.2, -0.15) is 0 Å². The van der Waals surface area contributed by atoms with Crippen molar-refractivity contribution in [2.45, 2.75) is 13.3 Å². The summed E-state index contributed by atoms with van der Waals surface area (Å²) in [7, 11) is 2.75. The molecule has 0 spiro atoms. The number of methoxy groups -OCH3 is 2. The highest BCUT2D eigenvalue weighted by molar-refractivity contribution is 5.70. The molecule has 1 rings (SSSR count). The molecule has 0 aliphatic heterocycles. The third-order valence-electron chi connectivity index (χ3n) is 2.46. The molecular weight excluding hydrogens is 227 g/mol. The monoisotopic (exact) mass is 242 g/mol. The molecule has 0 bridgehead atoms. The zero-order valence-electron chi connectivity index (χ0n) is 9.99. The first kappa shape index (κ1) is 13.3. The fourth-order valence-electron chi connectivity index (χ4n) is 1.53. The van der Waals surface area contributed by atoms with Gasteiger partial charge in [0.1, 0.15) is 0 Å². The minimum atomic E-state index is -0.916. The van der Waals surface area contributed by atoms with Crippen molar-refractivity contribution < 1.29 is 23.8 Å². The lowest BCUT2D eigenvalue weighted by Crippen LogP contribution is -2.12. The highest BCUT2D eigenvalue weighted by atomic mass is 19.1. The first-order valence-corrected chi connectivity index (χ1v) is 5.12. The van der Waals surface area contributed by atoms with Crippen molar-refractivity contribution in [3.05, 3.63) is 23.5 Å². The van der Waals surface area contributed by atoms with E-state index in [0.29, 0.717) is 5.56 Å². The predicted octanol–water partition coefficient (Wildman–Crippen LogP) is 2.11. The molecule has 0 heterocycles. The summed E-state index contributed by atoms with van der Waals surface area (Å²) in [6.07, 6.45) is 0.243. The third kappa shape index (κ3) is 3.09. The van der Waals surface area contributed by atoms with Crippen LogP contribution in [0.1, 0.15) is 12.5 Å². The third-order valence-corrected chi connectivity index (χ3v) is 2.46. The summed E-state index contributed by atoms with van der Waals surface area (Å²) < 4.78 is 23.4. The lowest BCUT2D eigenvalue weighted by atomic mass is 10.0. The van der Waals surface area contributed by atoms with Crippen LogP contribution < -0.4 is 9.47 Å². The van der Waals surface area contributed by atoms with E-state index >= 15 is 0 Å². The van der Waals surface area contributed by atoms with Gasteiger partial charge in [-0.25, -0.2) is 4.39 Å². The van der Waals surface area contributed by atoms with E-state index < -0.39 is 17.7 Å². The van der Waals surface area contributed by atoms with Crippen molar-refractivity contribution >= 4 is 5.97 Å². The smallest absolute Gasteiger partial charge is 0.306 e. The molecule has 5 heteroatoms. The van der Waals surface area contributed by atoms with Gasteiger partial charge in [0.15, 0.2) is 17.3 Å². The zero-order chi connectivity index (χ0) is 13.0. The maximum Gasteiger partial charge on any atom is 0.306 e. The van der Waals surface area contributed by atoms with Gasteiger partial charge in [0, 0.05) is 0 Å². The number of aliphatic carboxylic acids is 1. The zero-order valence-corrected chi connectivity index (χ0v) is 9.99. The Hall–Kier alpha value is -1.78. The maximum atomic E-state index is 13.6. The summed E-state index contributed by atoms with van der Waals surface area (Å²) in [5.41, 5.74) is 0.565. The molecule has 0 amide bonds. The van der Waals surface area contributed by atoms with Gasteiger partial charge in [-0.1, -0.05) is 6.92 Å². The molecule has 1 aromatic carbocycles. The van der Waals surface area contributed by atoms with Gasteiger partial charge in [0.05, 0.1) is 20.1 Å². The molecule has 0 aliphatic rings. The van der Waals surface area contributed by atoms with Gasteiger partial charge in [-0.3, -0.25) is 4.79 Å². The van der Waals surface area contributed by atoms with Crippen molar-refractivity contribution in [3.63, 3.8) is 0 Å². The first-order chi connectivity index (χ1) is 7.99. The second kappa shape index (κ2) is 5.52. The van der Waals surface area contributed by atoms with Crippen LogP contribution in [0.5, 0.6) is 11.5 Å². The summed E-state index contributed by atoms with van der Waals surface area (Å²) in [6.45, 7) is 1.57. The van der Waals surface area contributed by atoms with Crippen LogP contribution >= 0.6 is 0 Å². The molecule has 0 aliphatic carbocycles. The van der Waals surface area contributed by atoms with Crippen LogP contribution in [0.15, 0.2) is 12.1 Å².